The van der Waals surface area contributed by atoms with E-state index >= 15 is 0 Å². The van der Waals surface area contributed by atoms with Crippen molar-refractivity contribution in [2.45, 2.75) is 52.7 Å². The van der Waals surface area contributed by atoms with Crippen molar-refractivity contribution in [3.8, 4) is 0 Å². The van der Waals surface area contributed by atoms with Gasteiger partial charge in [-0.2, -0.15) is 0 Å². The van der Waals surface area contributed by atoms with Crippen LogP contribution in [-0.4, -0.2) is 22.9 Å². The molecule has 1 N–H and O–H groups in total. The smallest absolute Gasteiger partial charge is 0.244 e. The number of benzene rings is 1. The molecule has 4 heteroatoms. The third-order valence-corrected chi connectivity index (χ3v) is 4.05. The number of amides is 1. The third kappa shape index (κ3) is 3.10. The molecule has 2 atom stereocenters. The van der Waals surface area contributed by atoms with Crippen molar-refractivity contribution in [2.75, 3.05) is 6.54 Å². The van der Waals surface area contributed by atoms with Gasteiger partial charge in [-0.1, -0.05) is 45.9 Å². The molecule has 1 aliphatic heterocycles. The lowest BCUT2D eigenvalue weighted by molar-refractivity contribution is -0.134. The summed E-state index contributed by atoms with van der Waals surface area (Å²) >= 11 is 0. The molecule has 1 heterocycles. The van der Waals surface area contributed by atoms with Gasteiger partial charge < -0.3 is 4.90 Å². The van der Waals surface area contributed by atoms with Crippen molar-refractivity contribution < 1.29 is 9.18 Å². The van der Waals surface area contributed by atoms with Crippen molar-refractivity contribution in [1.29, 1.82) is 0 Å². The third-order valence-electron chi connectivity index (χ3n) is 4.05. The highest BCUT2D eigenvalue weighted by atomic mass is 19.1. The summed E-state index contributed by atoms with van der Waals surface area (Å²) in [4.78, 5) is 14.6. The summed E-state index contributed by atoms with van der Waals surface area (Å²) in [5.74, 6) is -0.227. The molecule has 3 nitrogen and oxygen atoms in total. The number of nitrogens with zero attached hydrogens (tertiary/aromatic N) is 1. The average molecular weight is 292 g/mol. The molecule has 1 aromatic rings. The fourth-order valence-corrected chi connectivity index (χ4v) is 2.75. The quantitative estimate of drug-likeness (QED) is 0.925. The number of rotatable bonds is 3. The molecular weight excluding hydrogens is 267 g/mol. The zero-order valence-corrected chi connectivity index (χ0v) is 13.5. The zero-order chi connectivity index (χ0) is 15.8. The molecule has 2 rings (SSSR count). The Kier molecular flexibility index (Phi) is 4.11. The molecular formula is C17H25FN2O. The average Bonchev–Trinajstić information content (AvgIpc) is 2.63. The first kappa shape index (κ1) is 16.0. The van der Waals surface area contributed by atoms with E-state index in [1.54, 1.807) is 23.1 Å². The Morgan fingerprint density at radius 1 is 1.33 bits per heavy atom. The van der Waals surface area contributed by atoms with Crippen molar-refractivity contribution >= 4 is 5.91 Å². The van der Waals surface area contributed by atoms with Gasteiger partial charge in [0.25, 0.3) is 0 Å². The van der Waals surface area contributed by atoms with Crippen LogP contribution >= 0.6 is 0 Å². The summed E-state index contributed by atoms with van der Waals surface area (Å²) in [7, 11) is 0. The van der Waals surface area contributed by atoms with Crippen LogP contribution in [0.2, 0.25) is 0 Å². The Hall–Kier alpha value is -1.42. The predicted molar refractivity (Wildman–Crippen MR) is 82.1 cm³/mol. The highest BCUT2D eigenvalue weighted by Crippen LogP contribution is 2.35. The normalized spacial score (nSPS) is 26.5. The molecule has 1 saturated heterocycles. The Morgan fingerprint density at radius 2 is 1.95 bits per heavy atom. The zero-order valence-electron chi connectivity index (χ0n) is 13.5. The van der Waals surface area contributed by atoms with Crippen LogP contribution in [0.25, 0.3) is 0 Å². The van der Waals surface area contributed by atoms with Gasteiger partial charge in [-0.25, -0.2) is 4.39 Å². The molecule has 1 fully saturated rings. The Morgan fingerprint density at radius 3 is 2.48 bits per heavy atom. The van der Waals surface area contributed by atoms with Crippen LogP contribution in [-0.2, 0) is 4.79 Å². The van der Waals surface area contributed by atoms with E-state index < -0.39 is 11.7 Å². The lowest BCUT2D eigenvalue weighted by Crippen LogP contribution is -2.43. The van der Waals surface area contributed by atoms with Crippen LogP contribution in [0, 0.1) is 11.2 Å². The van der Waals surface area contributed by atoms with Crippen LogP contribution in [0.15, 0.2) is 24.3 Å². The van der Waals surface area contributed by atoms with Gasteiger partial charge in [-0.3, -0.25) is 10.1 Å². The first-order chi connectivity index (χ1) is 9.68. The Labute approximate surface area is 126 Å². The van der Waals surface area contributed by atoms with Gasteiger partial charge in [0.1, 0.15) is 12.0 Å². The standard InChI is InChI=1S/C17H25FN2O/c1-6-17(5)15(21)20(11-16(2,3)4)14(19-17)12-9-7-8-10-13(12)18/h7-10,14,19H,6,11H2,1-5H3. The fraction of sp³-hybridized carbons (Fsp3) is 0.588. The summed E-state index contributed by atoms with van der Waals surface area (Å²) in [6, 6.07) is 6.67. The monoisotopic (exact) mass is 292 g/mol. The van der Waals surface area contributed by atoms with E-state index in [1.807, 2.05) is 13.8 Å². The summed E-state index contributed by atoms with van der Waals surface area (Å²) in [6.45, 7) is 10.7. The van der Waals surface area contributed by atoms with E-state index in [4.69, 9.17) is 0 Å². The Bertz CT molecular complexity index is 538. The van der Waals surface area contributed by atoms with Gasteiger partial charge in [-0.05, 0) is 24.8 Å². The molecule has 2 unspecified atom stereocenters. The second-order valence-corrected chi connectivity index (χ2v) is 7.25. The van der Waals surface area contributed by atoms with E-state index in [1.165, 1.54) is 6.07 Å². The van der Waals surface area contributed by atoms with Gasteiger partial charge in [0.05, 0.1) is 5.54 Å². The fourth-order valence-electron chi connectivity index (χ4n) is 2.75. The lowest BCUT2D eigenvalue weighted by atomic mass is 9.94. The molecule has 0 aliphatic carbocycles. The maximum Gasteiger partial charge on any atom is 0.244 e. The highest BCUT2D eigenvalue weighted by Gasteiger charge is 2.48. The number of nitrogens with one attached hydrogen (secondary N) is 1. The molecule has 1 amide bonds. The maximum absolute atomic E-state index is 14.2. The molecule has 1 aromatic carbocycles. The van der Waals surface area contributed by atoms with Gasteiger partial charge in [0.2, 0.25) is 5.91 Å². The highest BCUT2D eigenvalue weighted by molar-refractivity contribution is 5.88. The van der Waals surface area contributed by atoms with Crippen LogP contribution in [0.5, 0.6) is 0 Å². The minimum Gasteiger partial charge on any atom is -0.321 e. The summed E-state index contributed by atoms with van der Waals surface area (Å²) in [5, 5.41) is 3.33. The topological polar surface area (TPSA) is 32.3 Å². The van der Waals surface area contributed by atoms with E-state index in [0.717, 1.165) is 0 Å². The molecule has 0 aromatic heterocycles. The van der Waals surface area contributed by atoms with Crippen LogP contribution in [0.1, 0.15) is 52.8 Å². The van der Waals surface area contributed by atoms with Gasteiger partial charge >= 0.3 is 0 Å². The first-order valence-corrected chi connectivity index (χ1v) is 7.51. The number of carbonyl (C=O) groups excluding carboxylic acids is 1. The lowest BCUT2D eigenvalue weighted by Gasteiger charge is -2.31. The first-order valence-electron chi connectivity index (χ1n) is 7.51. The van der Waals surface area contributed by atoms with Gasteiger partial charge in [0, 0.05) is 12.1 Å². The van der Waals surface area contributed by atoms with Crippen molar-refractivity contribution in [3.63, 3.8) is 0 Å². The largest absolute Gasteiger partial charge is 0.321 e. The van der Waals surface area contributed by atoms with E-state index in [-0.39, 0.29) is 17.1 Å². The molecule has 21 heavy (non-hydrogen) atoms. The van der Waals surface area contributed by atoms with Crippen LogP contribution in [0.3, 0.4) is 0 Å². The summed E-state index contributed by atoms with van der Waals surface area (Å²) in [6.07, 6.45) is 0.278. The molecule has 0 radical (unpaired) electrons. The minimum atomic E-state index is -0.627. The van der Waals surface area contributed by atoms with Crippen LogP contribution in [0.4, 0.5) is 4.39 Å². The van der Waals surface area contributed by atoms with Crippen LogP contribution < -0.4 is 5.32 Å². The van der Waals surface area contributed by atoms with Gasteiger partial charge in [-0.15, -0.1) is 0 Å². The molecule has 0 bridgehead atoms. The summed E-state index contributed by atoms with van der Waals surface area (Å²) < 4.78 is 14.2. The van der Waals surface area contributed by atoms with E-state index in [2.05, 4.69) is 26.1 Å². The second-order valence-electron chi connectivity index (χ2n) is 7.25. The SMILES string of the molecule is CCC1(C)NC(c2ccccc2F)N(CC(C)(C)C)C1=O. The van der Waals surface area contributed by atoms with Crippen molar-refractivity contribution in [1.82, 2.24) is 10.2 Å². The van der Waals surface area contributed by atoms with Crippen molar-refractivity contribution in [3.05, 3.63) is 35.6 Å². The van der Waals surface area contributed by atoms with Crippen molar-refractivity contribution in [2.24, 2.45) is 5.41 Å². The van der Waals surface area contributed by atoms with E-state index in [0.29, 0.717) is 18.5 Å². The molecule has 0 saturated carbocycles. The predicted octanol–water partition coefficient (Wildman–Crippen LogP) is 3.47. The maximum atomic E-state index is 14.2. The Balaban J connectivity index is 2.42. The molecule has 1 aliphatic rings. The number of hydrogen-bond donors (Lipinski definition) is 1. The summed E-state index contributed by atoms with van der Waals surface area (Å²) in [5.41, 5.74) is -0.134. The number of halogens is 1. The second kappa shape index (κ2) is 5.41. The minimum absolute atomic E-state index is 0.0418. The molecule has 116 valence electrons. The number of hydrogen-bond acceptors (Lipinski definition) is 2. The molecule has 0 spiro atoms. The number of carbonyl (C=O) groups is 1. The van der Waals surface area contributed by atoms with Gasteiger partial charge in [0.15, 0.2) is 0 Å². The van der Waals surface area contributed by atoms with E-state index in [9.17, 15) is 9.18 Å².